The van der Waals surface area contributed by atoms with Crippen molar-refractivity contribution < 1.29 is 8.42 Å². The molecule has 0 saturated carbocycles. The summed E-state index contributed by atoms with van der Waals surface area (Å²) in [6, 6.07) is 7.78. The van der Waals surface area contributed by atoms with E-state index in [0.29, 0.717) is 6.42 Å². The molecule has 3 rings (SSSR count). The van der Waals surface area contributed by atoms with Gasteiger partial charge in [0, 0.05) is 24.3 Å². The van der Waals surface area contributed by atoms with E-state index >= 15 is 0 Å². The highest BCUT2D eigenvalue weighted by Crippen LogP contribution is 2.22. The van der Waals surface area contributed by atoms with Crippen LogP contribution in [0.4, 0.5) is 5.69 Å². The fourth-order valence-corrected chi connectivity index (χ4v) is 4.11. The fraction of sp³-hybridized carbons (Fsp3) is 0.385. The smallest absolute Gasteiger partial charge is 0.163 e. The molecule has 0 radical (unpaired) electrons. The zero-order valence-electron chi connectivity index (χ0n) is 11.2. The Balaban J connectivity index is 1.80. The van der Waals surface area contributed by atoms with Gasteiger partial charge in [-0.3, -0.25) is 0 Å². The molecule has 1 aromatic heterocycles. The number of benzene rings is 1. The van der Waals surface area contributed by atoms with Crippen molar-refractivity contribution in [2.75, 3.05) is 16.8 Å². The Morgan fingerprint density at radius 1 is 1.40 bits per heavy atom. The van der Waals surface area contributed by atoms with E-state index < -0.39 is 9.84 Å². The van der Waals surface area contributed by atoms with E-state index in [1.54, 1.807) is 6.33 Å². The SMILES string of the molecule is Cn1cnnc1-c1cccc(NC2CCS(=O)(=O)C2)c1. The third-order valence-corrected chi connectivity index (χ3v) is 5.20. The average molecular weight is 292 g/mol. The van der Waals surface area contributed by atoms with Gasteiger partial charge in [-0.05, 0) is 18.6 Å². The van der Waals surface area contributed by atoms with Crippen molar-refractivity contribution in [3.05, 3.63) is 30.6 Å². The quantitative estimate of drug-likeness (QED) is 0.916. The number of aryl methyl sites for hydroxylation is 1. The maximum Gasteiger partial charge on any atom is 0.163 e. The third-order valence-electron chi connectivity index (χ3n) is 3.44. The van der Waals surface area contributed by atoms with Crippen LogP contribution in [0.1, 0.15) is 6.42 Å². The van der Waals surface area contributed by atoms with E-state index in [2.05, 4.69) is 15.5 Å². The van der Waals surface area contributed by atoms with Crippen LogP contribution in [-0.2, 0) is 16.9 Å². The van der Waals surface area contributed by atoms with Crippen LogP contribution in [0.25, 0.3) is 11.4 Å². The Kier molecular flexibility index (Phi) is 3.21. The molecule has 1 aliphatic heterocycles. The molecular formula is C13H16N4O2S. The minimum absolute atomic E-state index is 0.00486. The van der Waals surface area contributed by atoms with E-state index in [1.165, 1.54) is 0 Å². The molecule has 0 spiro atoms. The number of sulfone groups is 1. The molecule has 1 fully saturated rings. The van der Waals surface area contributed by atoms with Crippen LogP contribution >= 0.6 is 0 Å². The first-order chi connectivity index (χ1) is 9.53. The first-order valence-electron chi connectivity index (χ1n) is 6.45. The Bertz CT molecular complexity index is 723. The summed E-state index contributed by atoms with van der Waals surface area (Å²) in [5, 5.41) is 11.2. The molecule has 106 valence electrons. The molecule has 7 heteroatoms. The Morgan fingerprint density at radius 3 is 2.90 bits per heavy atom. The van der Waals surface area contributed by atoms with Gasteiger partial charge in [0.2, 0.25) is 0 Å². The van der Waals surface area contributed by atoms with Crippen molar-refractivity contribution in [2.45, 2.75) is 12.5 Å². The first-order valence-corrected chi connectivity index (χ1v) is 8.27. The Labute approximate surface area is 117 Å². The van der Waals surface area contributed by atoms with Crippen molar-refractivity contribution in [1.82, 2.24) is 14.8 Å². The summed E-state index contributed by atoms with van der Waals surface area (Å²) in [7, 11) is -0.977. The second-order valence-electron chi connectivity index (χ2n) is 5.09. The lowest BCUT2D eigenvalue weighted by molar-refractivity contribution is 0.602. The predicted molar refractivity (Wildman–Crippen MR) is 77.1 cm³/mol. The molecule has 1 saturated heterocycles. The van der Waals surface area contributed by atoms with Gasteiger partial charge in [0.25, 0.3) is 0 Å². The molecule has 1 aromatic carbocycles. The molecule has 1 unspecified atom stereocenters. The van der Waals surface area contributed by atoms with Gasteiger partial charge in [-0.1, -0.05) is 12.1 Å². The first kappa shape index (κ1) is 13.1. The van der Waals surface area contributed by atoms with Gasteiger partial charge in [0.15, 0.2) is 15.7 Å². The summed E-state index contributed by atoms with van der Waals surface area (Å²) in [4.78, 5) is 0. The van der Waals surface area contributed by atoms with Crippen LogP contribution in [-0.4, -0.2) is 40.7 Å². The van der Waals surface area contributed by atoms with Gasteiger partial charge < -0.3 is 9.88 Å². The molecule has 2 heterocycles. The number of rotatable bonds is 3. The van der Waals surface area contributed by atoms with Gasteiger partial charge in [0.05, 0.1) is 11.5 Å². The largest absolute Gasteiger partial charge is 0.381 e. The molecule has 20 heavy (non-hydrogen) atoms. The summed E-state index contributed by atoms with van der Waals surface area (Å²) in [5.41, 5.74) is 1.86. The fourth-order valence-electron chi connectivity index (χ4n) is 2.44. The monoisotopic (exact) mass is 292 g/mol. The number of anilines is 1. The molecule has 1 aliphatic rings. The van der Waals surface area contributed by atoms with Crippen molar-refractivity contribution in [2.24, 2.45) is 7.05 Å². The van der Waals surface area contributed by atoms with Gasteiger partial charge in [-0.25, -0.2) is 8.42 Å². The molecule has 2 aromatic rings. The van der Waals surface area contributed by atoms with Gasteiger partial charge >= 0.3 is 0 Å². The maximum absolute atomic E-state index is 11.5. The summed E-state index contributed by atoms with van der Waals surface area (Å²) < 4.78 is 24.8. The zero-order valence-corrected chi connectivity index (χ0v) is 12.0. The molecule has 1 atom stereocenters. The van der Waals surface area contributed by atoms with Crippen LogP contribution in [0.15, 0.2) is 30.6 Å². The van der Waals surface area contributed by atoms with Crippen LogP contribution in [0.3, 0.4) is 0 Å². The number of nitrogens with one attached hydrogen (secondary N) is 1. The van der Waals surface area contributed by atoms with Crippen LogP contribution < -0.4 is 5.32 Å². The second kappa shape index (κ2) is 4.90. The molecule has 0 amide bonds. The normalized spacial score (nSPS) is 20.9. The molecular weight excluding hydrogens is 276 g/mol. The van der Waals surface area contributed by atoms with Crippen molar-refractivity contribution in [1.29, 1.82) is 0 Å². The summed E-state index contributed by atoms with van der Waals surface area (Å²) in [5.74, 6) is 1.27. The van der Waals surface area contributed by atoms with E-state index in [9.17, 15) is 8.42 Å². The number of hydrogen-bond donors (Lipinski definition) is 1. The topological polar surface area (TPSA) is 76.9 Å². The van der Waals surface area contributed by atoms with Crippen molar-refractivity contribution in [3.8, 4) is 11.4 Å². The summed E-state index contributed by atoms with van der Waals surface area (Å²) in [6.45, 7) is 0. The highest BCUT2D eigenvalue weighted by molar-refractivity contribution is 7.91. The van der Waals surface area contributed by atoms with Gasteiger partial charge in [-0.2, -0.15) is 0 Å². The Morgan fingerprint density at radius 2 is 2.25 bits per heavy atom. The van der Waals surface area contributed by atoms with E-state index in [1.807, 2.05) is 35.9 Å². The van der Waals surface area contributed by atoms with E-state index in [-0.39, 0.29) is 17.5 Å². The van der Waals surface area contributed by atoms with Crippen LogP contribution in [0, 0.1) is 0 Å². The van der Waals surface area contributed by atoms with E-state index in [0.717, 1.165) is 17.1 Å². The van der Waals surface area contributed by atoms with Crippen LogP contribution in [0.2, 0.25) is 0 Å². The van der Waals surface area contributed by atoms with Crippen LogP contribution in [0.5, 0.6) is 0 Å². The second-order valence-corrected chi connectivity index (χ2v) is 7.32. The molecule has 0 aliphatic carbocycles. The number of nitrogens with zero attached hydrogens (tertiary/aromatic N) is 3. The summed E-state index contributed by atoms with van der Waals surface area (Å²) in [6.07, 6.45) is 2.31. The minimum atomic E-state index is -2.86. The van der Waals surface area contributed by atoms with Gasteiger partial charge in [-0.15, -0.1) is 10.2 Å². The average Bonchev–Trinajstić information content (AvgIpc) is 2.96. The van der Waals surface area contributed by atoms with Crippen molar-refractivity contribution in [3.63, 3.8) is 0 Å². The molecule has 1 N–H and O–H groups in total. The summed E-state index contributed by atoms with van der Waals surface area (Å²) >= 11 is 0. The third kappa shape index (κ3) is 2.67. The Hall–Kier alpha value is -1.89. The minimum Gasteiger partial charge on any atom is -0.381 e. The van der Waals surface area contributed by atoms with Crippen molar-refractivity contribution >= 4 is 15.5 Å². The lowest BCUT2D eigenvalue weighted by Gasteiger charge is -2.13. The molecule has 0 bridgehead atoms. The highest BCUT2D eigenvalue weighted by atomic mass is 32.2. The van der Waals surface area contributed by atoms with Gasteiger partial charge in [0.1, 0.15) is 6.33 Å². The standard InChI is InChI=1S/C13H16N4O2S/c1-17-9-14-16-13(17)10-3-2-4-11(7-10)15-12-5-6-20(18,19)8-12/h2-4,7,9,12,15H,5-6,8H2,1H3. The lowest BCUT2D eigenvalue weighted by Crippen LogP contribution is -2.20. The number of hydrogen-bond acceptors (Lipinski definition) is 5. The highest BCUT2D eigenvalue weighted by Gasteiger charge is 2.27. The molecule has 6 nitrogen and oxygen atoms in total. The number of aromatic nitrogens is 3. The predicted octanol–water partition coefficient (Wildman–Crippen LogP) is 1.08. The zero-order chi connectivity index (χ0) is 14.2. The maximum atomic E-state index is 11.5. The van der Waals surface area contributed by atoms with E-state index in [4.69, 9.17) is 0 Å². The lowest BCUT2D eigenvalue weighted by atomic mass is 10.1.